The number of nitrogens with two attached hydrogens (primary N) is 1. The molecule has 2 aliphatic heterocycles. The van der Waals surface area contributed by atoms with Gasteiger partial charge in [-0.2, -0.15) is 15.8 Å². The van der Waals surface area contributed by atoms with E-state index in [2.05, 4.69) is 49.1 Å². The molecule has 2 aromatic rings. The van der Waals surface area contributed by atoms with Gasteiger partial charge >= 0.3 is 5.54 Å². The minimum atomic E-state index is -1.82. The number of nitrogens with one attached hydrogen (secondary N) is 1. The summed E-state index contributed by atoms with van der Waals surface area (Å²) >= 11 is 0. The number of anilines is 1. The molecule has 0 radical (unpaired) electrons. The monoisotopic (exact) mass is 440 g/mol. The fraction of sp³-hybridized carbons (Fsp3) is 0.346. The molecule has 0 spiro atoms. The van der Waals surface area contributed by atoms with Crippen LogP contribution in [0.2, 0.25) is 0 Å². The molecule has 3 N–H and O–H groups in total. The van der Waals surface area contributed by atoms with E-state index in [9.17, 15) is 15.8 Å². The summed E-state index contributed by atoms with van der Waals surface area (Å²) in [4.78, 5) is 2.76. The van der Waals surface area contributed by atoms with Crippen LogP contribution in [-0.4, -0.2) is 38.5 Å². The minimum absolute atomic E-state index is 0.254. The van der Waals surface area contributed by atoms with Crippen LogP contribution in [-0.2, 0) is 10.2 Å². The van der Waals surface area contributed by atoms with Crippen LogP contribution >= 0.6 is 0 Å². The molecule has 2 atom stereocenters. The summed E-state index contributed by atoms with van der Waals surface area (Å²) in [6.07, 6.45) is 4.16. The van der Waals surface area contributed by atoms with Crippen LogP contribution in [0.4, 0.5) is 17.1 Å². The first kappa shape index (κ1) is 22.5. The Kier molecular flexibility index (Phi) is 5.48. The van der Waals surface area contributed by atoms with Crippen molar-refractivity contribution in [3.8, 4) is 18.2 Å². The normalized spacial score (nSPS) is 21.7. The lowest BCUT2D eigenvalue weighted by Gasteiger charge is -2.39. The Morgan fingerprint density at radius 2 is 1.82 bits per heavy atom. The van der Waals surface area contributed by atoms with E-state index in [0.717, 1.165) is 23.5 Å². The van der Waals surface area contributed by atoms with Crippen LogP contribution in [0.1, 0.15) is 25.0 Å². The number of hydrogen-bond donors (Lipinski definition) is 2. The minimum Gasteiger partial charge on any atom is -0.349 e. The first-order chi connectivity index (χ1) is 15.8. The van der Waals surface area contributed by atoms with E-state index < -0.39 is 11.3 Å². The van der Waals surface area contributed by atoms with E-state index in [-0.39, 0.29) is 5.41 Å². The maximum Gasteiger partial charge on any atom is 0.361 e. The largest absolute Gasteiger partial charge is 0.361 e. The van der Waals surface area contributed by atoms with Crippen LogP contribution in [0.5, 0.6) is 0 Å². The lowest BCUT2D eigenvalue weighted by Crippen LogP contribution is -3.13. The SMILES string of the molecule is C[NH2+]c1ccc(C=CC23OCCN2c2ccccc2C3(C)C)cc1[NH+](C)C(C#N)(C#N)C#N. The van der Waals surface area contributed by atoms with Gasteiger partial charge in [-0.3, -0.25) is 4.90 Å². The third-order valence-electron chi connectivity index (χ3n) is 7.16. The molecule has 1 fully saturated rings. The molecule has 4 rings (SSSR count). The van der Waals surface area contributed by atoms with Crippen LogP contribution in [0.3, 0.4) is 0 Å². The van der Waals surface area contributed by atoms with Gasteiger partial charge in [0.2, 0.25) is 0 Å². The molecule has 0 aliphatic carbocycles. The predicted octanol–water partition coefficient (Wildman–Crippen LogP) is 1.50. The van der Waals surface area contributed by atoms with Crippen LogP contribution in [0, 0.1) is 34.0 Å². The van der Waals surface area contributed by atoms with Crippen molar-refractivity contribution in [2.24, 2.45) is 0 Å². The van der Waals surface area contributed by atoms with Crippen LogP contribution < -0.4 is 15.1 Å². The molecule has 1 saturated heterocycles. The van der Waals surface area contributed by atoms with Gasteiger partial charge in [0.15, 0.2) is 35.3 Å². The van der Waals surface area contributed by atoms with E-state index in [4.69, 9.17) is 4.74 Å². The molecule has 7 heteroatoms. The number of hydrogen-bond acceptors (Lipinski definition) is 5. The van der Waals surface area contributed by atoms with Crippen molar-refractivity contribution in [1.82, 2.24) is 0 Å². The summed E-state index contributed by atoms with van der Waals surface area (Å²) in [7, 11) is 3.58. The first-order valence-electron chi connectivity index (χ1n) is 11.0. The fourth-order valence-corrected chi connectivity index (χ4v) is 5.12. The Morgan fingerprint density at radius 3 is 2.48 bits per heavy atom. The third-order valence-corrected chi connectivity index (χ3v) is 7.16. The van der Waals surface area contributed by atoms with Crippen molar-refractivity contribution in [2.75, 3.05) is 32.1 Å². The highest BCUT2D eigenvalue weighted by Crippen LogP contribution is 2.54. The quantitative estimate of drug-likeness (QED) is 0.686. The van der Waals surface area contributed by atoms with Gasteiger partial charge in [-0.15, -0.1) is 0 Å². The van der Waals surface area contributed by atoms with Gasteiger partial charge < -0.3 is 15.0 Å². The molecule has 0 saturated carbocycles. The van der Waals surface area contributed by atoms with Gasteiger partial charge in [0.1, 0.15) is 0 Å². The van der Waals surface area contributed by atoms with Crippen molar-refractivity contribution in [1.29, 1.82) is 15.8 Å². The lowest BCUT2D eigenvalue weighted by molar-refractivity contribution is -0.841. The molecular weight excluding hydrogens is 412 g/mol. The number of para-hydroxylation sites is 1. The Hall–Kier alpha value is -3.67. The van der Waals surface area contributed by atoms with Gasteiger partial charge in [-0.05, 0) is 29.3 Å². The molecule has 2 heterocycles. The zero-order chi connectivity index (χ0) is 23.9. The zero-order valence-corrected chi connectivity index (χ0v) is 19.4. The number of nitriles is 3. The number of fused-ring (bicyclic) bond motifs is 3. The molecule has 2 unspecified atom stereocenters. The highest BCUT2D eigenvalue weighted by atomic mass is 16.5. The summed E-state index contributed by atoms with van der Waals surface area (Å²) < 4.78 is 6.41. The Bertz CT molecular complexity index is 1210. The second-order valence-electron chi connectivity index (χ2n) is 9.02. The molecule has 33 heavy (non-hydrogen) atoms. The zero-order valence-electron chi connectivity index (χ0n) is 19.4. The smallest absolute Gasteiger partial charge is 0.349 e. The Morgan fingerprint density at radius 1 is 1.12 bits per heavy atom. The first-order valence-corrected chi connectivity index (χ1v) is 11.0. The van der Waals surface area contributed by atoms with Crippen molar-refractivity contribution in [2.45, 2.75) is 30.5 Å². The molecule has 0 bridgehead atoms. The number of nitrogens with zero attached hydrogens (tertiary/aromatic N) is 4. The van der Waals surface area contributed by atoms with Crippen molar-refractivity contribution < 1.29 is 15.0 Å². The Labute approximate surface area is 194 Å². The van der Waals surface area contributed by atoms with Crippen molar-refractivity contribution in [3.63, 3.8) is 0 Å². The molecule has 0 amide bonds. The van der Waals surface area contributed by atoms with E-state index in [1.54, 1.807) is 7.05 Å². The van der Waals surface area contributed by atoms with Crippen LogP contribution in [0.15, 0.2) is 48.5 Å². The predicted molar refractivity (Wildman–Crippen MR) is 125 cm³/mol. The van der Waals surface area contributed by atoms with E-state index in [1.165, 1.54) is 11.3 Å². The maximum atomic E-state index is 9.57. The fourth-order valence-electron chi connectivity index (χ4n) is 5.12. The number of benzene rings is 2. The lowest BCUT2D eigenvalue weighted by atomic mass is 9.77. The van der Waals surface area contributed by atoms with Gasteiger partial charge in [-0.1, -0.05) is 38.1 Å². The summed E-state index contributed by atoms with van der Waals surface area (Å²) in [5, 5.41) is 30.6. The summed E-state index contributed by atoms with van der Waals surface area (Å²) in [6.45, 7) is 5.89. The van der Waals surface area contributed by atoms with Crippen LogP contribution in [0.25, 0.3) is 6.08 Å². The standard InChI is InChI=1S/C26H26N6O/c1-24(2)20-7-5-6-8-22(20)32-13-14-33-26(24,32)12-11-19-9-10-21(30-3)23(15-19)31(4)25(16-27,17-28)18-29/h5-12,15,30H,13-14H2,1-4H3/p+2. The van der Waals surface area contributed by atoms with Crippen molar-refractivity contribution >= 4 is 23.1 Å². The number of quaternary nitrogens is 2. The molecular formula is C26H28N6O+2. The average Bonchev–Trinajstić information content (AvgIpc) is 3.36. The average molecular weight is 441 g/mol. The summed E-state index contributed by atoms with van der Waals surface area (Å²) in [5.41, 5.74) is 2.30. The molecule has 2 aliphatic rings. The molecule has 7 nitrogen and oxygen atoms in total. The van der Waals surface area contributed by atoms with E-state index >= 15 is 0 Å². The van der Waals surface area contributed by atoms with E-state index in [1.807, 2.05) is 54.8 Å². The third kappa shape index (κ3) is 3.12. The second-order valence-corrected chi connectivity index (χ2v) is 9.02. The number of ether oxygens (including phenoxy) is 1. The van der Waals surface area contributed by atoms with Gasteiger partial charge in [0.25, 0.3) is 0 Å². The van der Waals surface area contributed by atoms with Gasteiger partial charge in [-0.25, -0.2) is 0 Å². The molecule has 0 aromatic heterocycles. The Balaban J connectivity index is 1.76. The topological polar surface area (TPSA) is 105 Å². The molecule has 2 aromatic carbocycles. The van der Waals surface area contributed by atoms with E-state index in [0.29, 0.717) is 11.5 Å². The highest BCUT2D eigenvalue weighted by Gasteiger charge is 2.59. The summed E-state index contributed by atoms with van der Waals surface area (Å²) in [5.74, 6) is 0. The highest BCUT2D eigenvalue weighted by molar-refractivity contribution is 5.70. The van der Waals surface area contributed by atoms with Gasteiger partial charge in [0.05, 0.1) is 20.7 Å². The molecule has 166 valence electrons. The van der Waals surface area contributed by atoms with Gasteiger partial charge in [0, 0.05) is 29.8 Å². The second kappa shape index (κ2) is 8.03. The van der Waals surface area contributed by atoms with Crippen molar-refractivity contribution in [3.05, 3.63) is 59.7 Å². The maximum absolute atomic E-state index is 9.57. The summed E-state index contributed by atoms with van der Waals surface area (Å²) in [6, 6.07) is 20.0. The number of rotatable bonds is 5.